The van der Waals surface area contributed by atoms with Crippen molar-refractivity contribution in [1.29, 1.82) is 0 Å². The molecule has 0 radical (unpaired) electrons. The first kappa shape index (κ1) is 13.8. The minimum Gasteiger partial charge on any atom is -0.330 e. The summed E-state index contributed by atoms with van der Waals surface area (Å²) in [5.41, 5.74) is 2.40. The number of pyridine rings is 1. The summed E-state index contributed by atoms with van der Waals surface area (Å²) in [6.45, 7) is 0.747. The molecule has 0 unspecified atom stereocenters. The molecule has 1 fully saturated rings. The molecule has 5 nitrogen and oxygen atoms in total. The molecule has 3 heterocycles. The Morgan fingerprint density at radius 3 is 2.91 bits per heavy atom. The summed E-state index contributed by atoms with van der Waals surface area (Å²) >= 11 is 0. The van der Waals surface area contributed by atoms with E-state index in [9.17, 15) is 4.79 Å². The molecule has 1 atom stereocenters. The van der Waals surface area contributed by atoms with Gasteiger partial charge < -0.3 is 4.90 Å². The fourth-order valence-corrected chi connectivity index (χ4v) is 3.24. The Kier molecular flexibility index (Phi) is 3.46. The van der Waals surface area contributed by atoms with Crippen LogP contribution in [0.25, 0.3) is 10.9 Å². The lowest BCUT2D eigenvalue weighted by Crippen LogP contribution is -2.31. The van der Waals surface area contributed by atoms with Crippen LogP contribution in [0.5, 0.6) is 0 Å². The van der Waals surface area contributed by atoms with Gasteiger partial charge >= 0.3 is 0 Å². The minimum absolute atomic E-state index is 0.00290. The van der Waals surface area contributed by atoms with E-state index in [2.05, 4.69) is 15.0 Å². The van der Waals surface area contributed by atoms with Gasteiger partial charge in [0.15, 0.2) is 0 Å². The number of rotatable bonds is 2. The second-order valence-electron chi connectivity index (χ2n) is 5.66. The summed E-state index contributed by atoms with van der Waals surface area (Å²) in [6, 6.07) is 9.50. The van der Waals surface area contributed by atoms with Crippen LogP contribution in [-0.4, -0.2) is 32.3 Å². The summed E-state index contributed by atoms with van der Waals surface area (Å²) in [4.78, 5) is 27.9. The first-order valence-electron chi connectivity index (χ1n) is 7.75. The molecule has 1 aliphatic heterocycles. The topological polar surface area (TPSA) is 59.0 Å². The standard InChI is InChI=1S/C18H16N4O/c23-18(14-4-1-6-15-13(14)5-2-8-20-15)22-11-3-7-17(22)16-12-19-9-10-21-16/h1-2,4-6,8-10,12,17H,3,7,11H2/t17-/m1/s1. The molecule has 23 heavy (non-hydrogen) atoms. The Morgan fingerprint density at radius 2 is 2.04 bits per heavy atom. The maximum absolute atomic E-state index is 13.1. The third kappa shape index (κ3) is 2.44. The van der Waals surface area contributed by atoms with Crippen molar-refractivity contribution < 1.29 is 4.79 Å². The van der Waals surface area contributed by atoms with Crippen molar-refractivity contribution in [3.63, 3.8) is 0 Å². The van der Waals surface area contributed by atoms with Crippen molar-refractivity contribution in [2.45, 2.75) is 18.9 Å². The molecule has 0 spiro atoms. The normalized spacial score (nSPS) is 17.6. The predicted octanol–water partition coefficient (Wildman–Crippen LogP) is 3.00. The molecule has 1 aromatic carbocycles. The molecule has 3 aromatic rings. The number of amides is 1. The zero-order valence-electron chi connectivity index (χ0n) is 12.6. The van der Waals surface area contributed by atoms with Crippen LogP contribution in [0.2, 0.25) is 0 Å². The molecular formula is C18H16N4O. The van der Waals surface area contributed by atoms with Crippen LogP contribution in [0.4, 0.5) is 0 Å². The van der Waals surface area contributed by atoms with Crippen molar-refractivity contribution in [1.82, 2.24) is 19.9 Å². The van der Waals surface area contributed by atoms with Gasteiger partial charge in [-0.3, -0.25) is 19.7 Å². The smallest absolute Gasteiger partial charge is 0.255 e. The summed E-state index contributed by atoms with van der Waals surface area (Å²) in [6.07, 6.45) is 8.73. The Balaban J connectivity index is 1.73. The van der Waals surface area contributed by atoms with Gasteiger partial charge in [0.05, 0.1) is 23.4 Å². The highest BCUT2D eigenvalue weighted by atomic mass is 16.2. The van der Waals surface area contributed by atoms with E-state index >= 15 is 0 Å². The fourth-order valence-electron chi connectivity index (χ4n) is 3.24. The molecule has 1 aliphatic rings. The number of likely N-dealkylation sites (tertiary alicyclic amines) is 1. The van der Waals surface area contributed by atoms with Gasteiger partial charge in [-0.05, 0) is 31.0 Å². The molecule has 1 saturated heterocycles. The number of carbonyl (C=O) groups is 1. The van der Waals surface area contributed by atoms with E-state index < -0.39 is 0 Å². The van der Waals surface area contributed by atoms with Gasteiger partial charge in [-0.1, -0.05) is 12.1 Å². The number of hydrogen-bond donors (Lipinski definition) is 0. The van der Waals surface area contributed by atoms with Crippen LogP contribution in [0.15, 0.2) is 55.1 Å². The van der Waals surface area contributed by atoms with Gasteiger partial charge in [-0.15, -0.1) is 0 Å². The largest absolute Gasteiger partial charge is 0.330 e. The molecule has 0 bridgehead atoms. The molecular weight excluding hydrogens is 288 g/mol. The SMILES string of the molecule is O=C(c1cccc2ncccc12)N1CCC[C@@H]1c1cnccn1. The number of benzene rings is 1. The van der Waals surface area contributed by atoms with Gasteiger partial charge in [-0.25, -0.2) is 0 Å². The second-order valence-corrected chi connectivity index (χ2v) is 5.66. The lowest BCUT2D eigenvalue weighted by atomic mass is 10.1. The van der Waals surface area contributed by atoms with E-state index in [-0.39, 0.29) is 11.9 Å². The number of fused-ring (bicyclic) bond motifs is 1. The minimum atomic E-state index is 0.00290. The van der Waals surface area contributed by atoms with Gasteiger partial charge in [0.1, 0.15) is 0 Å². The van der Waals surface area contributed by atoms with Crippen LogP contribution in [0, 0.1) is 0 Å². The van der Waals surface area contributed by atoms with E-state index in [0.717, 1.165) is 36.0 Å². The molecule has 4 rings (SSSR count). The van der Waals surface area contributed by atoms with Crippen molar-refractivity contribution in [2.24, 2.45) is 0 Å². The average Bonchev–Trinajstić information content (AvgIpc) is 3.11. The zero-order chi connectivity index (χ0) is 15.6. The Labute approximate surface area is 134 Å². The second kappa shape index (κ2) is 5.76. The third-order valence-corrected chi connectivity index (χ3v) is 4.31. The van der Waals surface area contributed by atoms with Crippen molar-refractivity contribution in [3.05, 3.63) is 66.4 Å². The highest BCUT2D eigenvalue weighted by Crippen LogP contribution is 2.32. The zero-order valence-corrected chi connectivity index (χ0v) is 12.6. The summed E-state index contributed by atoms with van der Waals surface area (Å²) in [5, 5.41) is 0.893. The Bertz CT molecular complexity index is 845. The van der Waals surface area contributed by atoms with Gasteiger partial charge in [0.25, 0.3) is 5.91 Å². The van der Waals surface area contributed by atoms with E-state index in [4.69, 9.17) is 0 Å². The van der Waals surface area contributed by atoms with Crippen LogP contribution in [-0.2, 0) is 0 Å². The van der Waals surface area contributed by atoms with Crippen molar-refractivity contribution >= 4 is 16.8 Å². The fraction of sp³-hybridized carbons (Fsp3) is 0.222. The maximum Gasteiger partial charge on any atom is 0.255 e. The molecule has 0 N–H and O–H groups in total. The molecule has 5 heteroatoms. The van der Waals surface area contributed by atoms with Crippen LogP contribution >= 0.6 is 0 Å². The lowest BCUT2D eigenvalue weighted by molar-refractivity contribution is 0.0734. The van der Waals surface area contributed by atoms with Crippen molar-refractivity contribution in [3.8, 4) is 0 Å². The van der Waals surface area contributed by atoms with Crippen molar-refractivity contribution in [2.75, 3.05) is 6.54 Å². The average molecular weight is 304 g/mol. The first-order valence-corrected chi connectivity index (χ1v) is 7.75. The highest BCUT2D eigenvalue weighted by Gasteiger charge is 2.32. The third-order valence-electron chi connectivity index (χ3n) is 4.31. The molecule has 1 amide bonds. The number of nitrogens with zero attached hydrogens (tertiary/aromatic N) is 4. The quantitative estimate of drug-likeness (QED) is 0.730. The first-order chi connectivity index (χ1) is 11.3. The Hall–Kier alpha value is -2.82. The van der Waals surface area contributed by atoms with Gasteiger partial charge in [0.2, 0.25) is 0 Å². The molecule has 0 aliphatic carbocycles. The van der Waals surface area contributed by atoms with E-state index in [0.29, 0.717) is 5.56 Å². The van der Waals surface area contributed by atoms with E-state index in [1.54, 1.807) is 24.8 Å². The molecule has 2 aromatic heterocycles. The van der Waals surface area contributed by atoms with Crippen LogP contribution < -0.4 is 0 Å². The highest BCUT2D eigenvalue weighted by molar-refractivity contribution is 6.06. The van der Waals surface area contributed by atoms with E-state index in [1.807, 2.05) is 35.2 Å². The van der Waals surface area contributed by atoms with E-state index in [1.165, 1.54) is 0 Å². The number of hydrogen-bond acceptors (Lipinski definition) is 4. The van der Waals surface area contributed by atoms with Crippen LogP contribution in [0.3, 0.4) is 0 Å². The monoisotopic (exact) mass is 304 g/mol. The Morgan fingerprint density at radius 1 is 1.09 bits per heavy atom. The number of aromatic nitrogens is 3. The maximum atomic E-state index is 13.1. The van der Waals surface area contributed by atoms with Crippen LogP contribution in [0.1, 0.15) is 34.9 Å². The predicted molar refractivity (Wildman–Crippen MR) is 86.8 cm³/mol. The summed E-state index contributed by atoms with van der Waals surface area (Å²) in [5.74, 6) is 0.0387. The molecule has 114 valence electrons. The van der Waals surface area contributed by atoms with Gasteiger partial charge in [-0.2, -0.15) is 0 Å². The lowest BCUT2D eigenvalue weighted by Gasteiger charge is -2.24. The molecule has 0 saturated carbocycles. The summed E-state index contributed by atoms with van der Waals surface area (Å²) < 4.78 is 0. The summed E-state index contributed by atoms with van der Waals surface area (Å²) in [7, 11) is 0. The van der Waals surface area contributed by atoms with Gasteiger partial charge in [0, 0.05) is 36.1 Å². The number of carbonyl (C=O) groups excluding carboxylic acids is 1.